The van der Waals surface area contributed by atoms with Gasteiger partial charge in [-0.25, -0.2) is 9.78 Å². The van der Waals surface area contributed by atoms with Gasteiger partial charge in [-0.3, -0.25) is 4.79 Å². The Bertz CT molecular complexity index is 1400. The van der Waals surface area contributed by atoms with E-state index in [0.29, 0.717) is 27.2 Å². The number of para-hydroxylation sites is 1. The highest BCUT2D eigenvalue weighted by Crippen LogP contribution is 2.30. The zero-order chi connectivity index (χ0) is 24.4. The second-order valence-electron chi connectivity index (χ2n) is 8.78. The molecule has 35 heavy (non-hydrogen) atoms. The Hall–Kier alpha value is -3.70. The summed E-state index contributed by atoms with van der Waals surface area (Å²) in [6, 6.07) is 24.4. The van der Waals surface area contributed by atoms with Gasteiger partial charge < -0.3 is 10.1 Å². The molecule has 2 atom stereocenters. The Kier molecular flexibility index (Phi) is 6.51. The van der Waals surface area contributed by atoms with Crippen molar-refractivity contribution in [3.63, 3.8) is 0 Å². The van der Waals surface area contributed by atoms with Crippen LogP contribution in [0.1, 0.15) is 47.3 Å². The fraction of sp³-hybridized carbons (Fsp3) is 0.207. The van der Waals surface area contributed by atoms with Crippen molar-refractivity contribution < 1.29 is 14.3 Å². The smallest absolute Gasteiger partial charge is 0.339 e. The van der Waals surface area contributed by atoms with E-state index in [1.54, 1.807) is 25.1 Å². The Morgan fingerprint density at radius 2 is 1.77 bits per heavy atom. The summed E-state index contributed by atoms with van der Waals surface area (Å²) in [6.07, 6.45) is 1.94. The number of halogens is 1. The number of aryl methyl sites for hydroxylation is 1. The lowest BCUT2D eigenvalue weighted by Crippen LogP contribution is -2.39. The molecule has 6 heteroatoms. The molecule has 0 saturated carbocycles. The Morgan fingerprint density at radius 1 is 1.03 bits per heavy atom. The topological polar surface area (TPSA) is 68.3 Å². The summed E-state index contributed by atoms with van der Waals surface area (Å²) in [5.41, 5.74) is 4.88. The Morgan fingerprint density at radius 3 is 2.60 bits per heavy atom. The number of amides is 1. The maximum absolute atomic E-state index is 13.3. The average Bonchev–Trinajstić information content (AvgIpc) is 2.88. The number of rotatable bonds is 5. The molecule has 4 aromatic rings. The van der Waals surface area contributed by atoms with Crippen LogP contribution >= 0.6 is 11.6 Å². The van der Waals surface area contributed by atoms with Gasteiger partial charge in [-0.2, -0.15) is 0 Å². The number of aromatic nitrogens is 1. The molecular formula is C29H25ClN2O3. The normalized spacial score (nSPS) is 15.8. The Labute approximate surface area is 209 Å². The van der Waals surface area contributed by atoms with Crippen LogP contribution in [0, 0.1) is 0 Å². The van der Waals surface area contributed by atoms with E-state index in [4.69, 9.17) is 21.3 Å². The highest BCUT2D eigenvalue weighted by atomic mass is 35.5. The third-order valence-corrected chi connectivity index (χ3v) is 6.67. The second-order valence-corrected chi connectivity index (χ2v) is 9.22. The van der Waals surface area contributed by atoms with Crippen LogP contribution in [0.5, 0.6) is 0 Å². The first-order valence-corrected chi connectivity index (χ1v) is 12.1. The van der Waals surface area contributed by atoms with Crippen molar-refractivity contribution in [2.24, 2.45) is 0 Å². The fourth-order valence-corrected chi connectivity index (χ4v) is 4.71. The quantitative estimate of drug-likeness (QED) is 0.338. The Balaban J connectivity index is 1.37. The van der Waals surface area contributed by atoms with Crippen LogP contribution in [0.15, 0.2) is 78.9 Å². The highest BCUT2D eigenvalue weighted by molar-refractivity contribution is 6.30. The van der Waals surface area contributed by atoms with Crippen LogP contribution in [-0.4, -0.2) is 23.0 Å². The van der Waals surface area contributed by atoms with E-state index in [-0.39, 0.29) is 11.9 Å². The van der Waals surface area contributed by atoms with Crippen LogP contribution < -0.4 is 5.32 Å². The monoisotopic (exact) mass is 484 g/mol. The molecule has 0 bridgehead atoms. The predicted molar refractivity (Wildman–Crippen MR) is 137 cm³/mol. The zero-order valence-corrected chi connectivity index (χ0v) is 20.1. The number of carbonyl (C=O) groups is 2. The number of nitrogens with one attached hydrogen (secondary N) is 1. The predicted octanol–water partition coefficient (Wildman–Crippen LogP) is 6.29. The third-order valence-electron chi connectivity index (χ3n) is 6.42. The van der Waals surface area contributed by atoms with Gasteiger partial charge in [-0.05, 0) is 61.6 Å². The standard InChI is InChI=1S/C29H25ClN2O3/c1-18(28(33)32-25-12-6-8-19-7-2-3-9-22(19)25)35-29(34)24-17-27(20-13-15-21(30)16-14-20)31-26-11-5-4-10-23(24)26/h2-5,7,9-11,13-18,25H,6,8,12H2,1H3,(H,32,33)/t18-,25+/m0/s1. The largest absolute Gasteiger partial charge is 0.449 e. The van der Waals surface area contributed by atoms with Gasteiger partial charge in [0.05, 0.1) is 22.8 Å². The van der Waals surface area contributed by atoms with Crippen molar-refractivity contribution in [2.75, 3.05) is 0 Å². The molecule has 5 rings (SSSR count). The second kappa shape index (κ2) is 9.88. The minimum Gasteiger partial charge on any atom is -0.449 e. The summed E-state index contributed by atoms with van der Waals surface area (Å²) in [4.78, 5) is 30.9. The lowest BCUT2D eigenvalue weighted by Gasteiger charge is -2.27. The number of pyridine rings is 1. The fourth-order valence-electron chi connectivity index (χ4n) is 4.58. The lowest BCUT2D eigenvalue weighted by molar-refractivity contribution is -0.130. The molecule has 1 heterocycles. The molecular weight excluding hydrogens is 460 g/mol. The van der Waals surface area contributed by atoms with E-state index < -0.39 is 12.1 Å². The minimum absolute atomic E-state index is 0.0770. The maximum Gasteiger partial charge on any atom is 0.339 e. The number of hydrogen-bond acceptors (Lipinski definition) is 4. The molecule has 0 spiro atoms. The number of benzene rings is 3. The van der Waals surface area contributed by atoms with Gasteiger partial charge in [0.15, 0.2) is 6.10 Å². The molecule has 0 saturated heterocycles. The summed E-state index contributed by atoms with van der Waals surface area (Å²) >= 11 is 6.03. The lowest BCUT2D eigenvalue weighted by atomic mass is 9.87. The van der Waals surface area contributed by atoms with E-state index in [0.717, 1.165) is 30.4 Å². The number of ether oxygens (including phenoxy) is 1. The average molecular weight is 485 g/mol. The van der Waals surface area contributed by atoms with Crippen LogP contribution in [0.25, 0.3) is 22.2 Å². The summed E-state index contributed by atoms with van der Waals surface area (Å²) in [5, 5.41) is 4.36. The van der Waals surface area contributed by atoms with Crippen LogP contribution in [0.2, 0.25) is 5.02 Å². The van der Waals surface area contributed by atoms with E-state index in [1.165, 1.54) is 5.56 Å². The van der Waals surface area contributed by atoms with Gasteiger partial charge in [0.1, 0.15) is 0 Å². The van der Waals surface area contributed by atoms with Crippen molar-refractivity contribution in [1.82, 2.24) is 10.3 Å². The van der Waals surface area contributed by atoms with E-state index in [1.807, 2.05) is 48.5 Å². The number of nitrogens with zero attached hydrogens (tertiary/aromatic N) is 1. The molecule has 176 valence electrons. The number of esters is 1. The molecule has 1 amide bonds. The molecule has 1 aliphatic carbocycles. The van der Waals surface area contributed by atoms with E-state index in [9.17, 15) is 9.59 Å². The third kappa shape index (κ3) is 4.91. The molecule has 0 fully saturated rings. The summed E-state index contributed by atoms with van der Waals surface area (Å²) < 4.78 is 5.65. The molecule has 3 aromatic carbocycles. The molecule has 1 N–H and O–H groups in total. The van der Waals surface area contributed by atoms with E-state index in [2.05, 4.69) is 17.4 Å². The first kappa shape index (κ1) is 23.1. The van der Waals surface area contributed by atoms with Crippen molar-refractivity contribution in [3.05, 3.63) is 101 Å². The maximum atomic E-state index is 13.3. The van der Waals surface area contributed by atoms with Crippen molar-refractivity contribution in [1.29, 1.82) is 0 Å². The summed E-state index contributed by atoms with van der Waals surface area (Å²) in [6.45, 7) is 1.60. The highest BCUT2D eigenvalue weighted by Gasteiger charge is 2.26. The summed E-state index contributed by atoms with van der Waals surface area (Å²) in [7, 11) is 0. The van der Waals surface area contributed by atoms with Gasteiger partial charge >= 0.3 is 5.97 Å². The van der Waals surface area contributed by atoms with Crippen LogP contribution in [0.4, 0.5) is 0 Å². The van der Waals surface area contributed by atoms with Gasteiger partial charge in [0, 0.05) is 16.0 Å². The van der Waals surface area contributed by atoms with Crippen molar-refractivity contribution in [2.45, 2.75) is 38.3 Å². The number of carbonyl (C=O) groups excluding carboxylic acids is 2. The first-order valence-electron chi connectivity index (χ1n) is 11.7. The van der Waals surface area contributed by atoms with Gasteiger partial charge in [-0.15, -0.1) is 0 Å². The molecule has 0 unspecified atom stereocenters. The molecule has 5 nitrogen and oxygen atoms in total. The SMILES string of the molecule is C[C@H](OC(=O)c1cc(-c2ccc(Cl)cc2)nc2ccccc12)C(=O)N[C@@H]1CCCc2ccccc21. The molecule has 0 radical (unpaired) electrons. The van der Waals surface area contributed by atoms with Crippen LogP contribution in [-0.2, 0) is 16.0 Å². The zero-order valence-electron chi connectivity index (χ0n) is 19.3. The van der Waals surface area contributed by atoms with Gasteiger partial charge in [0.2, 0.25) is 0 Å². The van der Waals surface area contributed by atoms with Crippen molar-refractivity contribution >= 4 is 34.4 Å². The minimum atomic E-state index is -0.942. The summed E-state index contributed by atoms with van der Waals surface area (Å²) in [5.74, 6) is -0.873. The van der Waals surface area contributed by atoms with Gasteiger partial charge in [0.25, 0.3) is 5.91 Å². The van der Waals surface area contributed by atoms with Crippen LogP contribution in [0.3, 0.4) is 0 Å². The van der Waals surface area contributed by atoms with Gasteiger partial charge in [-0.1, -0.05) is 66.2 Å². The molecule has 1 aromatic heterocycles. The number of hydrogen-bond donors (Lipinski definition) is 1. The molecule has 0 aliphatic heterocycles. The van der Waals surface area contributed by atoms with E-state index >= 15 is 0 Å². The van der Waals surface area contributed by atoms with Crippen molar-refractivity contribution in [3.8, 4) is 11.3 Å². The molecule has 1 aliphatic rings. The first-order chi connectivity index (χ1) is 17.0. The number of fused-ring (bicyclic) bond motifs is 2.